The Morgan fingerprint density at radius 2 is 1.70 bits per heavy atom. The number of nitrogens with one attached hydrogen (secondary N) is 1. The van der Waals surface area contributed by atoms with Gasteiger partial charge in [0.1, 0.15) is 11.6 Å². The number of halogens is 1. The molecule has 2 aromatic carbocycles. The number of nitrogens with zero attached hydrogens (tertiary/aromatic N) is 3. The molecule has 0 aliphatic heterocycles. The lowest BCUT2D eigenvalue weighted by Crippen LogP contribution is -2.14. The minimum atomic E-state index is -3.83. The quantitative estimate of drug-likeness (QED) is 0.544. The van der Waals surface area contributed by atoms with E-state index in [0.717, 1.165) is 5.82 Å². The van der Waals surface area contributed by atoms with Crippen LogP contribution in [0.25, 0.3) is 11.4 Å². The minimum Gasteiger partial charge on any atom is -0.491 e. The van der Waals surface area contributed by atoms with E-state index in [-0.39, 0.29) is 17.0 Å². The van der Waals surface area contributed by atoms with Crippen molar-refractivity contribution >= 4 is 27.3 Å². The highest BCUT2D eigenvalue weighted by Crippen LogP contribution is 2.33. The van der Waals surface area contributed by atoms with Gasteiger partial charge in [-0.1, -0.05) is 11.6 Å². The molecule has 30 heavy (non-hydrogen) atoms. The summed E-state index contributed by atoms with van der Waals surface area (Å²) >= 11 is 6.20. The number of hydrogen-bond acceptors (Lipinski definition) is 5. The predicted molar refractivity (Wildman–Crippen MR) is 119 cm³/mol. The number of benzene rings is 2. The average Bonchev–Trinajstić information content (AvgIpc) is 3.04. The first-order valence-corrected chi connectivity index (χ1v) is 11.5. The van der Waals surface area contributed by atoms with E-state index in [1.165, 1.54) is 12.1 Å². The molecule has 3 rings (SSSR count). The maximum absolute atomic E-state index is 13.0. The third-order valence-electron chi connectivity index (χ3n) is 4.36. The molecule has 0 radical (unpaired) electrons. The number of sulfonamides is 1. The van der Waals surface area contributed by atoms with E-state index in [4.69, 9.17) is 16.3 Å². The standard InChI is InChI=1S/C21H25ClN4O3S/c1-13(2)26-15(5)23-24-21(26)19-12-16(22)6-11-20(19)25-30(27,28)18-9-7-17(8-10-18)29-14(3)4/h6-14,25H,1-5H3. The third kappa shape index (κ3) is 4.76. The highest BCUT2D eigenvalue weighted by atomic mass is 35.5. The molecule has 160 valence electrons. The van der Waals surface area contributed by atoms with Crippen LogP contribution in [0.4, 0.5) is 5.69 Å². The summed E-state index contributed by atoms with van der Waals surface area (Å²) < 4.78 is 36.2. The summed E-state index contributed by atoms with van der Waals surface area (Å²) in [5, 5.41) is 8.88. The van der Waals surface area contributed by atoms with Gasteiger partial charge >= 0.3 is 0 Å². The highest BCUT2D eigenvalue weighted by Gasteiger charge is 2.21. The smallest absolute Gasteiger partial charge is 0.261 e. The SMILES string of the molecule is Cc1nnc(-c2cc(Cl)ccc2NS(=O)(=O)c2ccc(OC(C)C)cc2)n1C(C)C. The monoisotopic (exact) mass is 448 g/mol. The Kier molecular flexibility index (Phi) is 6.38. The maximum atomic E-state index is 13.0. The first-order valence-electron chi connectivity index (χ1n) is 9.59. The van der Waals surface area contributed by atoms with Gasteiger partial charge < -0.3 is 9.30 Å². The number of rotatable bonds is 7. The highest BCUT2D eigenvalue weighted by molar-refractivity contribution is 7.92. The van der Waals surface area contributed by atoms with E-state index in [2.05, 4.69) is 14.9 Å². The van der Waals surface area contributed by atoms with Crippen LogP contribution in [-0.2, 0) is 10.0 Å². The summed E-state index contributed by atoms with van der Waals surface area (Å²) in [6.45, 7) is 9.69. The predicted octanol–water partition coefficient (Wildman–Crippen LogP) is 5.08. The van der Waals surface area contributed by atoms with Gasteiger partial charge in [0, 0.05) is 16.6 Å². The summed E-state index contributed by atoms with van der Waals surface area (Å²) in [5.41, 5.74) is 0.927. The van der Waals surface area contributed by atoms with Crippen molar-refractivity contribution in [1.29, 1.82) is 0 Å². The van der Waals surface area contributed by atoms with Gasteiger partial charge in [-0.15, -0.1) is 10.2 Å². The molecule has 9 heteroatoms. The zero-order chi connectivity index (χ0) is 22.1. The van der Waals surface area contributed by atoms with Crippen molar-refractivity contribution < 1.29 is 13.2 Å². The third-order valence-corrected chi connectivity index (χ3v) is 5.97. The molecule has 1 aromatic heterocycles. The normalized spacial score (nSPS) is 11.9. The van der Waals surface area contributed by atoms with Gasteiger partial charge in [-0.25, -0.2) is 8.42 Å². The molecule has 0 spiro atoms. The summed E-state index contributed by atoms with van der Waals surface area (Å²) in [6.07, 6.45) is 0.00368. The van der Waals surface area contributed by atoms with E-state index in [1.807, 2.05) is 39.2 Å². The molecule has 0 saturated carbocycles. The lowest BCUT2D eigenvalue weighted by Gasteiger charge is -2.16. The molecule has 0 bridgehead atoms. The van der Waals surface area contributed by atoms with Gasteiger partial charge in [0.25, 0.3) is 10.0 Å². The zero-order valence-corrected chi connectivity index (χ0v) is 19.1. The van der Waals surface area contributed by atoms with E-state index in [0.29, 0.717) is 27.8 Å². The summed E-state index contributed by atoms with van der Waals surface area (Å²) in [4.78, 5) is 0.126. The van der Waals surface area contributed by atoms with E-state index < -0.39 is 10.0 Å². The lowest BCUT2D eigenvalue weighted by atomic mass is 10.1. The molecule has 3 aromatic rings. The van der Waals surface area contributed by atoms with Gasteiger partial charge in [0.2, 0.25) is 0 Å². The van der Waals surface area contributed by atoms with E-state index >= 15 is 0 Å². The van der Waals surface area contributed by atoms with Gasteiger partial charge in [-0.3, -0.25) is 4.72 Å². The Balaban J connectivity index is 1.99. The van der Waals surface area contributed by atoms with Gasteiger partial charge in [-0.05, 0) is 77.1 Å². The van der Waals surface area contributed by atoms with Crippen LogP contribution in [0.5, 0.6) is 5.75 Å². The molecule has 0 fully saturated rings. The molecule has 1 N–H and O–H groups in total. The van der Waals surface area contributed by atoms with Crippen LogP contribution >= 0.6 is 11.6 Å². The first kappa shape index (κ1) is 22.1. The molecular weight excluding hydrogens is 424 g/mol. The van der Waals surface area contributed by atoms with Crippen molar-refractivity contribution in [2.75, 3.05) is 4.72 Å². The Morgan fingerprint density at radius 1 is 1.03 bits per heavy atom. The van der Waals surface area contributed by atoms with Gasteiger partial charge in [0.15, 0.2) is 5.82 Å². The number of aromatic nitrogens is 3. The molecule has 0 amide bonds. The molecule has 1 heterocycles. The number of hydrogen-bond donors (Lipinski definition) is 1. The topological polar surface area (TPSA) is 86.1 Å². The van der Waals surface area contributed by atoms with Crippen LogP contribution in [0.1, 0.15) is 39.6 Å². The molecule has 0 aliphatic rings. The van der Waals surface area contributed by atoms with Crippen LogP contribution in [0.2, 0.25) is 5.02 Å². The van der Waals surface area contributed by atoms with E-state index in [1.54, 1.807) is 30.3 Å². The minimum absolute atomic E-state index is 0.00368. The summed E-state index contributed by atoms with van der Waals surface area (Å²) in [6, 6.07) is 11.3. The summed E-state index contributed by atoms with van der Waals surface area (Å²) in [5.74, 6) is 1.88. The fourth-order valence-electron chi connectivity index (χ4n) is 3.13. The van der Waals surface area contributed by atoms with E-state index in [9.17, 15) is 8.42 Å². The van der Waals surface area contributed by atoms with Crippen molar-refractivity contribution in [2.45, 2.75) is 51.7 Å². The van der Waals surface area contributed by atoms with Gasteiger partial charge in [0.05, 0.1) is 16.7 Å². The molecular formula is C21H25ClN4O3S. The van der Waals surface area contributed by atoms with Crippen LogP contribution in [-0.4, -0.2) is 29.3 Å². The van der Waals surface area contributed by atoms with Gasteiger partial charge in [-0.2, -0.15) is 0 Å². The van der Waals surface area contributed by atoms with Crippen molar-refractivity contribution in [3.8, 4) is 17.1 Å². The van der Waals surface area contributed by atoms with Crippen molar-refractivity contribution in [3.05, 3.63) is 53.3 Å². The first-order chi connectivity index (χ1) is 14.1. The van der Waals surface area contributed by atoms with Crippen LogP contribution in [0.3, 0.4) is 0 Å². The van der Waals surface area contributed by atoms with Crippen molar-refractivity contribution in [1.82, 2.24) is 14.8 Å². The molecule has 0 saturated heterocycles. The number of ether oxygens (including phenoxy) is 1. The fraction of sp³-hybridized carbons (Fsp3) is 0.333. The second kappa shape index (κ2) is 8.65. The summed E-state index contributed by atoms with van der Waals surface area (Å²) in [7, 11) is -3.83. The molecule has 0 unspecified atom stereocenters. The molecule has 0 aliphatic carbocycles. The number of aryl methyl sites for hydroxylation is 1. The van der Waals surface area contributed by atoms with Crippen LogP contribution in [0.15, 0.2) is 47.4 Å². The average molecular weight is 449 g/mol. The Labute approximate surface area is 182 Å². The van der Waals surface area contributed by atoms with Crippen LogP contribution < -0.4 is 9.46 Å². The van der Waals surface area contributed by atoms with Crippen molar-refractivity contribution in [2.24, 2.45) is 0 Å². The zero-order valence-electron chi connectivity index (χ0n) is 17.5. The Hall–Kier alpha value is -2.58. The molecule has 0 atom stereocenters. The van der Waals surface area contributed by atoms with Crippen LogP contribution in [0, 0.1) is 6.92 Å². The fourth-order valence-corrected chi connectivity index (χ4v) is 4.39. The second-order valence-corrected chi connectivity index (χ2v) is 9.59. The van der Waals surface area contributed by atoms with Crippen molar-refractivity contribution in [3.63, 3.8) is 0 Å². The number of anilines is 1. The lowest BCUT2D eigenvalue weighted by molar-refractivity contribution is 0.242. The Morgan fingerprint density at radius 3 is 2.30 bits per heavy atom. The largest absolute Gasteiger partial charge is 0.491 e. The molecule has 7 nitrogen and oxygen atoms in total. The Bertz CT molecular complexity index is 1140. The second-order valence-electron chi connectivity index (χ2n) is 7.47. The maximum Gasteiger partial charge on any atom is 0.261 e.